The molecule has 0 spiro atoms. The number of benzene rings is 1. The first-order valence-electron chi connectivity index (χ1n) is 11.7. The zero-order valence-electron chi connectivity index (χ0n) is 19.9. The minimum atomic E-state index is -4.49. The van der Waals surface area contributed by atoms with Crippen molar-refractivity contribution in [2.75, 3.05) is 6.61 Å². The molecule has 2 rings (SSSR count). The topological polar surface area (TPSA) is 93.1 Å². The molecule has 2 N–H and O–H groups in total. The largest absolute Gasteiger partial charge is 0.491 e. The molecule has 4 unspecified atom stereocenters. The lowest BCUT2D eigenvalue weighted by Gasteiger charge is -2.17. The lowest BCUT2D eigenvalue weighted by Crippen LogP contribution is -2.20. The molecule has 0 radical (unpaired) electrons. The highest BCUT2D eigenvalue weighted by Gasteiger charge is 2.39. The van der Waals surface area contributed by atoms with Gasteiger partial charge in [-0.15, -0.1) is 0 Å². The van der Waals surface area contributed by atoms with Crippen LogP contribution in [0.5, 0.6) is 5.75 Å². The number of allylic oxidation sites excluding steroid dienone is 2. The first kappa shape index (κ1) is 28.6. The van der Waals surface area contributed by atoms with Crippen molar-refractivity contribution in [1.29, 1.82) is 0 Å². The Morgan fingerprint density at radius 2 is 2.00 bits per heavy atom. The van der Waals surface area contributed by atoms with Crippen molar-refractivity contribution >= 4 is 11.8 Å². The van der Waals surface area contributed by atoms with Crippen molar-refractivity contribution < 1.29 is 42.4 Å². The molecule has 4 atom stereocenters. The fourth-order valence-corrected chi connectivity index (χ4v) is 3.83. The van der Waals surface area contributed by atoms with Crippen molar-refractivity contribution in [1.82, 2.24) is 0 Å². The van der Waals surface area contributed by atoms with E-state index in [4.69, 9.17) is 9.47 Å². The van der Waals surface area contributed by atoms with E-state index in [9.17, 15) is 33.0 Å². The van der Waals surface area contributed by atoms with E-state index in [0.717, 1.165) is 12.1 Å². The van der Waals surface area contributed by atoms with Gasteiger partial charge in [0, 0.05) is 24.7 Å². The number of rotatable bonds is 12. The molecule has 0 amide bonds. The number of ether oxygens (including phenoxy) is 2. The van der Waals surface area contributed by atoms with Gasteiger partial charge in [-0.2, -0.15) is 13.2 Å². The van der Waals surface area contributed by atoms with E-state index in [0.29, 0.717) is 25.7 Å². The highest BCUT2D eigenvalue weighted by Crippen LogP contribution is 2.34. The summed E-state index contributed by atoms with van der Waals surface area (Å²) < 4.78 is 48.7. The normalized spacial score (nSPS) is 21.8. The van der Waals surface area contributed by atoms with Gasteiger partial charge in [0.2, 0.25) is 0 Å². The minimum absolute atomic E-state index is 0.0192. The fourth-order valence-electron chi connectivity index (χ4n) is 3.83. The second kappa shape index (κ2) is 13.4. The van der Waals surface area contributed by atoms with E-state index in [1.165, 1.54) is 18.2 Å². The molecule has 194 valence electrons. The number of unbranched alkanes of at least 4 members (excludes halogenated alkanes) is 1. The second-order valence-electron chi connectivity index (χ2n) is 8.85. The molecular formula is C26H33F3O6. The van der Waals surface area contributed by atoms with Gasteiger partial charge in [0.15, 0.2) is 0 Å². The summed E-state index contributed by atoms with van der Waals surface area (Å²) >= 11 is 0. The molecule has 0 saturated heterocycles. The van der Waals surface area contributed by atoms with Crippen LogP contribution in [0.2, 0.25) is 0 Å². The summed E-state index contributed by atoms with van der Waals surface area (Å²) in [7, 11) is 0. The van der Waals surface area contributed by atoms with Gasteiger partial charge in [-0.1, -0.05) is 30.4 Å². The van der Waals surface area contributed by atoms with E-state index in [-0.39, 0.29) is 36.6 Å². The molecule has 1 aliphatic rings. The quantitative estimate of drug-likeness (QED) is 0.248. The Labute approximate surface area is 203 Å². The van der Waals surface area contributed by atoms with Gasteiger partial charge in [-0.25, -0.2) is 0 Å². The van der Waals surface area contributed by atoms with Crippen LogP contribution in [0.4, 0.5) is 13.2 Å². The monoisotopic (exact) mass is 498 g/mol. The number of hydrogen-bond acceptors (Lipinski definition) is 6. The molecular weight excluding hydrogens is 465 g/mol. The third kappa shape index (κ3) is 9.85. The van der Waals surface area contributed by atoms with E-state index in [1.807, 2.05) is 12.2 Å². The predicted molar refractivity (Wildman–Crippen MR) is 124 cm³/mol. The van der Waals surface area contributed by atoms with E-state index in [1.54, 1.807) is 19.9 Å². The number of aliphatic hydroxyl groups excluding tert-OH is 2. The van der Waals surface area contributed by atoms with Crippen molar-refractivity contribution in [2.45, 2.75) is 70.4 Å². The third-order valence-electron chi connectivity index (χ3n) is 5.55. The number of carbonyl (C=O) groups excluding carboxylic acids is 2. The predicted octanol–water partition coefficient (Wildman–Crippen LogP) is 4.64. The molecule has 35 heavy (non-hydrogen) atoms. The summed E-state index contributed by atoms with van der Waals surface area (Å²) in [6, 6.07) is 4.36. The Hall–Kier alpha value is -2.65. The second-order valence-corrected chi connectivity index (χ2v) is 8.85. The number of hydrogen-bond donors (Lipinski definition) is 2. The smallest absolute Gasteiger partial charge is 0.416 e. The summed E-state index contributed by atoms with van der Waals surface area (Å²) in [5.41, 5.74) is -0.848. The van der Waals surface area contributed by atoms with Gasteiger partial charge in [0.1, 0.15) is 24.2 Å². The van der Waals surface area contributed by atoms with Crippen LogP contribution < -0.4 is 4.74 Å². The maximum absolute atomic E-state index is 12.8. The SMILES string of the molecule is CC(C)OC(=O)CCCC=CCC1C(=O)CC(O)C1C=CC(O)COc1cccc(C(F)(F)F)c1. The number of aliphatic hydroxyl groups is 2. The molecule has 0 heterocycles. The third-order valence-corrected chi connectivity index (χ3v) is 5.55. The lowest BCUT2D eigenvalue weighted by molar-refractivity contribution is -0.147. The average molecular weight is 499 g/mol. The molecule has 1 aromatic carbocycles. The Balaban J connectivity index is 1.83. The molecule has 1 fully saturated rings. The molecule has 0 aromatic heterocycles. The van der Waals surface area contributed by atoms with Gasteiger partial charge < -0.3 is 19.7 Å². The van der Waals surface area contributed by atoms with E-state index in [2.05, 4.69) is 0 Å². The summed E-state index contributed by atoms with van der Waals surface area (Å²) in [5, 5.41) is 20.4. The van der Waals surface area contributed by atoms with E-state index >= 15 is 0 Å². The summed E-state index contributed by atoms with van der Waals surface area (Å²) in [4.78, 5) is 23.8. The van der Waals surface area contributed by atoms with Crippen LogP contribution >= 0.6 is 0 Å². The Bertz CT molecular complexity index is 893. The number of carbonyl (C=O) groups is 2. The average Bonchev–Trinajstić information content (AvgIpc) is 3.04. The molecule has 0 aliphatic heterocycles. The maximum Gasteiger partial charge on any atom is 0.416 e. The van der Waals surface area contributed by atoms with Crippen LogP contribution in [0.3, 0.4) is 0 Å². The van der Waals surface area contributed by atoms with Crippen LogP contribution in [-0.2, 0) is 20.5 Å². The van der Waals surface area contributed by atoms with Gasteiger partial charge in [-0.3, -0.25) is 9.59 Å². The number of halogens is 3. The number of ketones is 1. The van der Waals surface area contributed by atoms with Crippen molar-refractivity contribution in [3.8, 4) is 5.75 Å². The van der Waals surface area contributed by atoms with Crippen LogP contribution in [0.15, 0.2) is 48.6 Å². The highest BCUT2D eigenvalue weighted by atomic mass is 19.4. The highest BCUT2D eigenvalue weighted by molar-refractivity contribution is 5.84. The molecule has 1 aliphatic carbocycles. The summed E-state index contributed by atoms with van der Waals surface area (Å²) in [6.07, 6.45) is 2.08. The zero-order valence-corrected chi connectivity index (χ0v) is 19.9. The Morgan fingerprint density at radius 3 is 2.69 bits per heavy atom. The summed E-state index contributed by atoms with van der Waals surface area (Å²) in [6.45, 7) is 3.30. The maximum atomic E-state index is 12.8. The molecule has 1 aromatic rings. The van der Waals surface area contributed by atoms with Gasteiger partial charge in [-0.05, 0) is 51.3 Å². The first-order valence-corrected chi connectivity index (χ1v) is 11.7. The molecule has 0 bridgehead atoms. The lowest BCUT2D eigenvalue weighted by atomic mass is 9.90. The molecule has 9 heteroatoms. The van der Waals surface area contributed by atoms with Crippen molar-refractivity contribution in [3.05, 3.63) is 54.1 Å². The number of alkyl halides is 3. The van der Waals surface area contributed by atoms with Gasteiger partial charge in [0.25, 0.3) is 0 Å². The minimum Gasteiger partial charge on any atom is -0.491 e. The zero-order chi connectivity index (χ0) is 26.0. The fraction of sp³-hybridized carbons (Fsp3) is 0.538. The van der Waals surface area contributed by atoms with Crippen LogP contribution in [-0.4, -0.2) is 46.9 Å². The molecule has 6 nitrogen and oxygen atoms in total. The van der Waals surface area contributed by atoms with Crippen LogP contribution in [0, 0.1) is 11.8 Å². The standard InChI is InChI=1S/C26H33F3O6/c1-17(2)35-25(33)11-6-4-3-5-10-21-22(24(32)15-23(21)31)13-12-19(30)16-34-20-9-7-8-18(14-20)26(27,28)29/h3,5,7-9,12-14,17,19,21-22,24,30,32H,4,6,10-11,15-16H2,1-2H3. The Morgan fingerprint density at radius 1 is 1.26 bits per heavy atom. The first-order chi connectivity index (χ1) is 16.5. The van der Waals surface area contributed by atoms with Crippen molar-refractivity contribution in [3.63, 3.8) is 0 Å². The summed E-state index contributed by atoms with van der Waals surface area (Å²) in [5.74, 6) is -1.28. The van der Waals surface area contributed by atoms with Gasteiger partial charge >= 0.3 is 12.1 Å². The van der Waals surface area contributed by atoms with Crippen LogP contribution in [0.25, 0.3) is 0 Å². The van der Waals surface area contributed by atoms with Crippen molar-refractivity contribution in [2.24, 2.45) is 11.8 Å². The molecule has 1 saturated carbocycles. The number of Topliss-reactive ketones (excluding diaryl/α,β-unsaturated/α-hetero) is 1. The number of esters is 1. The van der Waals surface area contributed by atoms with Gasteiger partial charge in [0.05, 0.1) is 17.8 Å². The Kier molecular flexibility index (Phi) is 11.0. The van der Waals surface area contributed by atoms with Crippen LogP contribution in [0.1, 0.15) is 51.5 Å². The van der Waals surface area contributed by atoms with E-state index < -0.39 is 35.8 Å².